The van der Waals surface area contributed by atoms with Gasteiger partial charge in [0.05, 0.1) is 6.42 Å². The Labute approximate surface area is 75.8 Å². The van der Waals surface area contributed by atoms with Crippen molar-refractivity contribution < 1.29 is 24.3 Å². The molecule has 0 aromatic rings. The minimum absolute atomic E-state index is 0.109. The summed E-state index contributed by atoms with van der Waals surface area (Å²) < 4.78 is 0. The molecular weight excluding hydrogens is 176 g/mol. The molecule has 0 bridgehead atoms. The van der Waals surface area contributed by atoms with Crippen molar-refractivity contribution in [1.82, 2.24) is 0 Å². The van der Waals surface area contributed by atoms with Crippen molar-refractivity contribution >= 4 is 11.9 Å². The van der Waals surface area contributed by atoms with Crippen LogP contribution in [-0.4, -0.2) is 17.0 Å². The minimum Gasteiger partial charge on any atom is -0.390 e. The first-order chi connectivity index (χ1) is 5.91. The first-order valence-corrected chi connectivity index (χ1v) is 3.80. The van der Waals surface area contributed by atoms with E-state index in [9.17, 15) is 9.59 Å². The fraction of sp³-hybridized carbons (Fsp3) is 0.714. The highest BCUT2D eigenvalue weighted by Crippen LogP contribution is 2.01. The Morgan fingerprint density at radius 2 is 1.92 bits per heavy atom. The second-order valence-electron chi connectivity index (χ2n) is 2.88. The molecule has 0 radical (unpaired) electrons. The maximum absolute atomic E-state index is 10.8. The lowest BCUT2D eigenvalue weighted by Gasteiger charge is -2.01. The average Bonchev–Trinajstić information content (AvgIpc) is 1.80. The predicted octanol–water partition coefficient (Wildman–Crippen LogP) is 1.00. The normalized spacial score (nSPS) is 9.54. The predicted molar refractivity (Wildman–Crippen MR) is 40.9 cm³/mol. The number of rotatable bonds is 4. The van der Waals surface area contributed by atoms with Crippen molar-refractivity contribution in [3.05, 3.63) is 5.53 Å². The topological polar surface area (TPSA) is 77.9 Å². The van der Waals surface area contributed by atoms with Gasteiger partial charge in [0.25, 0.3) is 0 Å². The van der Waals surface area contributed by atoms with Crippen LogP contribution in [0.2, 0.25) is 0 Å². The van der Waals surface area contributed by atoms with E-state index >= 15 is 0 Å². The Kier molecular flexibility index (Phi) is 4.64. The van der Waals surface area contributed by atoms with Gasteiger partial charge in [-0.05, 0) is 5.92 Å². The third-order valence-corrected chi connectivity index (χ3v) is 0.961. The molecule has 0 aliphatic carbocycles. The third-order valence-electron chi connectivity index (χ3n) is 0.961. The molecule has 0 aliphatic rings. The monoisotopic (exact) mass is 188 g/mol. The number of carbonyl (C=O) groups is 2. The minimum atomic E-state index is -0.778. The lowest BCUT2D eigenvalue weighted by Crippen LogP contribution is -2.18. The summed E-state index contributed by atoms with van der Waals surface area (Å²) in [7, 11) is 0. The molecule has 0 spiro atoms. The second kappa shape index (κ2) is 5.23. The van der Waals surface area contributed by atoms with Crippen LogP contribution in [0.25, 0.3) is 5.53 Å². The van der Waals surface area contributed by atoms with Gasteiger partial charge < -0.3 is 5.53 Å². The number of hydrogen-bond donors (Lipinski definition) is 0. The van der Waals surface area contributed by atoms with Gasteiger partial charge in [0.1, 0.15) is 5.02 Å². The highest BCUT2D eigenvalue weighted by Gasteiger charge is 2.14. The summed E-state index contributed by atoms with van der Waals surface area (Å²) in [5.41, 5.74) is 8.65. The summed E-state index contributed by atoms with van der Waals surface area (Å²) in [4.78, 5) is 29.3. The fourth-order valence-corrected chi connectivity index (χ4v) is 0.586. The Morgan fingerprint density at radius 1 is 1.38 bits per heavy atom. The molecule has 0 fully saturated rings. The average molecular weight is 188 g/mol. The van der Waals surface area contributed by atoms with Gasteiger partial charge in [0.2, 0.25) is 0 Å². The van der Waals surface area contributed by atoms with Crippen LogP contribution in [0.3, 0.4) is 0 Å². The van der Waals surface area contributed by atoms with Crippen LogP contribution < -0.4 is 0 Å². The van der Waals surface area contributed by atoms with Crippen molar-refractivity contribution in [3.63, 3.8) is 0 Å². The van der Waals surface area contributed by atoms with Crippen molar-refractivity contribution in [3.8, 4) is 0 Å². The van der Waals surface area contributed by atoms with E-state index in [1.54, 1.807) is 0 Å². The quantitative estimate of drug-likeness (QED) is 0.487. The van der Waals surface area contributed by atoms with E-state index in [1.807, 2.05) is 13.8 Å². The Bertz CT molecular complexity index is 225. The molecule has 0 aromatic heterocycles. The lowest BCUT2D eigenvalue weighted by molar-refractivity contribution is -0.945. The van der Waals surface area contributed by atoms with E-state index in [4.69, 9.17) is 5.53 Å². The van der Waals surface area contributed by atoms with Crippen molar-refractivity contribution in [2.75, 3.05) is 0 Å². The third kappa shape index (κ3) is 6.92. The molecule has 0 unspecified atom stereocenters. The molecule has 74 valence electrons. The standard InChI is InChI=1S/C7H12N2O4/c1-5(2)4-7(11)13-9(8)12-6(3)10/h5H,4H2,1-3H3. The summed E-state index contributed by atoms with van der Waals surface area (Å²) in [6, 6.07) is 0. The van der Waals surface area contributed by atoms with Crippen LogP contribution in [0.5, 0.6) is 0 Å². The summed E-state index contributed by atoms with van der Waals surface area (Å²) in [5.74, 6) is -1.34. The maximum atomic E-state index is 10.8. The smallest absolute Gasteiger partial charge is 0.385 e. The van der Waals surface area contributed by atoms with Gasteiger partial charge in [-0.2, -0.15) is 9.68 Å². The van der Waals surface area contributed by atoms with E-state index < -0.39 is 11.9 Å². The van der Waals surface area contributed by atoms with Gasteiger partial charge in [0, 0.05) is 6.92 Å². The van der Waals surface area contributed by atoms with Crippen molar-refractivity contribution in [2.45, 2.75) is 27.2 Å². The van der Waals surface area contributed by atoms with Crippen LogP contribution >= 0.6 is 0 Å². The zero-order valence-corrected chi connectivity index (χ0v) is 7.81. The molecule has 0 atom stereocenters. The molecule has 6 heteroatoms. The molecule has 0 heterocycles. The maximum Gasteiger partial charge on any atom is 0.385 e. The first kappa shape index (κ1) is 11.5. The summed E-state index contributed by atoms with van der Waals surface area (Å²) in [6.07, 6.45) is 0.137. The molecule has 0 saturated heterocycles. The molecule has 0 aliphatic heterocycles. The van der Waals surface area contributed by atoms with E-state index in [0.717, 1.165) is 6.92 Å². The van der Waals surface area contributed by atoms with Crippen LogP contribution in [-0.2, 0) is 19.3 Å². The lowest BCUT2D eigenvalue weighted by atomic mass is 10.1. The fourth-order valence-electron chi connectivity index (χ4n) is 0.586. The van der Waals surface area contributed by atoms with Crippen molar-refractivity contribution in [1.29, 1.82) is 0 Å². The molecular formula is C7H12N2O4. The molecule has 0 rings (SSSR count). The Balaban J connectivity index is 3.79. The summed E-state index contributed by atoms with van der Waals surface area (Å²) in [5, 5.41) is -0.243. The number of hydrogen-bond acceptors (Lipinski definition) is 4. The van der Waals surface area contributed by atoms with Gasteiger partial charge in [0.15, 0.2) is 0 Å². The van der Waals surface area contributed by atoms with E-state index in [2.05, 4.69) is 9.68 Å². The van der Waals surface area contributed by atoms with Crippen LogP contribution in [0.4, 0.5) is 0 Å². The molecule has 0 N–H and O–H groups in total. The van der Waals surface area contributed by atoms with E-state index in [-0.39, 0.29) is 17.4 Å². The molecule has 0 amide bonds. The highest BCUT2D eigenvalue weighted by atomic mass is 17.0. The van der Waals surface area contributed by atoms with Gasteiger partial charge in [-0.15, -0.1) is 0 Å². The zero-order chi connectivity index (χ0) is 10.4. The summed E-state index contributed by atoms with van der Waals surface area (Å²) >= 11 is 0. The van der Waals surface area contributed by atoms with Crippen LogP contribution in [0, 0.1) is 5.92 Å². The van der Waals surface area contributed by atoms with Gasteiger partial charge in [-0.1, -0.05) is 13.8 Å². The van der Waals surface area contributed by atoms with Crippen LogP contribution in [0.1, 0.15) is 27.2 Å². The zero-order valence-electron chi connectivity index (χ0n) is 7.81. The summed E-state index contributed by atoms with van der Waals surface area (Å²) in [6.45, 7) is 4.70. The SMILES string of the molecule is CC(=O)O[N+](=[N-])OC(=O)CC(C)C. The van der Waals surface area contributed by atoms with Crippen LogP contribution in [0.15, 0.2) is 0 Å². The molecule has 6 nitrogen and oxygen atoms in total. The van der Waals surface area contributed by atoms with Gasteiger partial charge in [-0.3, -0.25) is 0 Å². The largest absolute Gasteiger partial charge is 0.390 e. The van der Waals surface area contributed by atoms with Gasteiger partial charge in [-0.25, -0.2) is 9.59 Å². The first-order valence-electron chi connectivity index (χ1n) is 3.80. The van der Waals surface area contributed by atoms with E-state index in [0.29, 0.717) is 0 Å². The second-order valence-corrected chi connectivity index (χ2v) is 2.88. The highest BCUT2D eigenvalue weighted by molar-refractivity contribution is 5.68. The molecule has 0 saturated carbocycles. The number of nitrogens with zero attached hydrogens (tertiary/aromatic N) is 2. The molecule has 0 aromatic carbocycles. The molecule has 13 heavy (non-hydrogen) atoms. The Hall–Kier alpha value is -1.46. The van der Waals surface area contributed by atoms with E-state index in [1.165, 1.54) is 0 Å². The van der Waals surface area contributed by atoms with Gasteiger partial charge >= 0.3 is 11.9 Å². The number of carbonyl (C=O) groups excluding carboxylic acids is 2. The van der Waals surface area contributed by atoms with Crippen molar-refractivity contribution in [2.24, 2.45) is 5.92 Å². The Morgan fingerprint density at radius 3 is 2.31 bits per heavy atom.